The Morgan fingerprint density at radius 3 is 2.39 bits per heavy atom. The summed E-state index contributed by atoms with van der Waals surface area (Å²) in [7, 11) is 3.17. The van der Waals surface area contributed by atoms with Crippen molar-refractivity contribution in [3.63, 3.8) is 0 Å². The normalized spacial score (nSPS) is 11.5. The van der Waals surface area contributed by atoms with Crippen LogP contribution in [0.5, 0.6) is 0 Å². The molecule has 6 nitrogen and oxygen atoms in total. The molecule has 1 rings (SSSR count). The van der Waals surface area contributed by atoms with Gasteiger partial charge in [-0.3, -0.25) is 14.4 Å². The van der Waals surface area contributed by atoms with Crippen LogP contribution >= 0.6 is 23.4 Å². The fourth-order valence-corrected chi connectivity index (χ4v) is 2.32. The lowest BCUT2D eigenvalue weighted by molar-refractivity contribution is -0.155. The zero-order chi connectivity index (χ0) is 17.4. The Kier molecular flexibility index (Phi) is 7.91. The highest BCUT2D eigenvalue weighted by molar-refractivity contribution is 8.00. The van der Waals surface area contributed by atoms with Gasteiger partial charge in [-0.1, -0.05) is 11.6 Å². The van der Waals surface area contributed by atoms with Gasteiger partial charge >= 0.3 is 5.97 Å². The highest BCUT2D eigenvalue weighted by Gasteiger charge is 2.19. The molecule has 0 aliphatic carbocycles. The Balaban J connectivity index is 2.27. The third-order valence-electron chi connectivity index (χ3n) is 2.68. The number of rotatable bonds is 7. The van der Waals surface area contributed by atoms with Gasteiger partial charge in [0.1, 0.15) is 0 Å². The molecular weight excluding hydrogens is 340 g/mol. The number of benzene rings is 1. The van der Waals surface area contributed by atoms with E-state index >= 15 is 0 Å². The zero-order valence-corrected chi connectivity index (χ0v) is 14.7. The molecule has 0 saturated heterocycles. The first-order valence-electron chi connectivity index (χ1n) is 6.83. The fraction of sp³-hybridized carbons (Fsp3) is 0.400. The number of nitrogens with zero attached hydrogens (tertiary/aromatic N) is 1. The molecule has 0 radical (unpaired) electrons. The molecule has 0 aromatic heterocycles. The molecule has 126 valence electrons. The molecule has 23 heavy (non-hydrogen) atoms. The van der Waals surface area contributed by atoms with E-state index in [9.17, 15) is 14.4 Å². The number of hydrogen-bond donors (Lipinski definition) is 1. The highest BCUT2D eigenvalue weighted by atomic mass is 35.5. The smallest absolute Gasteiger partial charge is 0.316 e. The molecule has 0 aliphatic heterocycles. The first-order valence-corrected chi connectivity index (χ1v) is 8.36. The molecule has 1 aromatic rings. The molecule has 1 N–H and O–H groups in total. The zero-order valence-electron chi connectivity index (χ0n) is 13.2. The first-order chi connectivity index (χ1) is 10.8. The van der Waals surface area contributed by atoms with Gasteiger partial charge in [-0.2, -0.15) is 0 Å². The lowest BCUT2D eigenvalue weighted by Gasteiger charge is -2.17. The number of anilines is 1. The molecule has 0 bridgehead atoms. The molecule has 8 heteroatoms. The Labute approximate surface area is 144 Å². The summed E-state index contributed by atoms with van der Waals surface area (Å²) in [5.41, 5.74) is 0.632. The first kappa shape index (κ1) is 19.3. The van der Waals surface area contributed by atoms with Crippen LogP contribution in [0.1, 0.15) is 6.92 Å². The second-order valence-corrected chi connectivity index (χ2v) is 6.33. The Morgan fingerprint density at radius 1 is 1.22 bits per heavy atom. The predicted molar refractivity (Wildman–Crippen MR) is 91.7 cm³/mol. The van der Waals surface area contributed by atoms with Crippen molar-refractivity contribution in [1.82, 2.24) is 4.90 Å². The summed E-state index contributed by atoms with van der Waals surface area (Å²) in [5, 5.41) is 3.27. The molecular formula is C15H19ClN2O4S. The van der Waals surface area contributed by atoms with Gasteiger partial charge < -0.3 is 15.0 Å². The Hall–Kier alpha value is -1.73. The van der Waals surface area contributed by atoms with E-state index in [1.165, 1.54) is 11.8 Å². The molecule has 0 aliphatic rings. The summed E-state index contributed by atoms with van der Waals surface area (Å²) in [4.78, 5) is 36.2. The van der Waals surface area contributed by atoms with E-state index in [-0.39, 0.29) is 23.3 Å². The van der Waals surface area contributed by atoms with E-state index < -0.39 is 12.1 Å². The minimum Gasteiger partial charge on any atom is -0.452 e. The Morgan fingerprint density at radius 2 is 1.83 bits per heavy atom. The van der Waals surface area contributed by atoms with Crippen molar-refractivity contribution < 1.29 is 19.1 Å². The van der Waals surface area contributed by atoms with Gasteiger partial charge in [0, 0.05) is 24.8 Å². The van der Waals surface area contributed by atoms with E-state index in [0.717, 1.165) is 11.8 Å². The van der Waals surface area contributed by atoms with E-state index in [4.69, 9.17) is 16.3 Å². The van der Waals surface area contributed by atoms with Gasteiger partial charge in [0.2, 0.25) is 5.91 Å². The molecule has 0 unspecified atom stereocenters. The second kappa shape index (κ2) is 9.42. The summed E-state index contributed by atoms with van der Waals surface area (Å²) in [6.07, 6.45) is -0.832. The quantitative estimate of drug-likeness (QED) is 0.755. The van der Waals surface area contributed by atoms with E-state index in [0.29, 0.717) is 10.7 Å². The number of amides is 2. The van der Waals surface area contributed by atoms with Crippen LogP contribution in [0, 0.1) is 0 Å². The monoisotopic (exact) mass is 358 g/mol. The van der Waals surface area contributed by atoms with Crippen molar-refractivity contribution >= 4 is 46.8 Å². The third kappa shape index (κ3) is 7.38. The summed E-state index contributed by atoms with van der Waals surface area (Å²) < 4.78 is 4.99. The highest BCUT2D eigenvalue weighted by Crippen LogP contribution is 2.14. The maximum absolute atomic E-state index is 11.7. The number of halogens is 1. The number of carbonyl (C=O) groups excluding carboxylic acids is 3. The van der Waals surface area contributed by atoms with Crippen molar-refractivity contribution in [3.8, 4) is 0 Å². The average molecular weight is 359 g/mol. The lowest BCUT2D eigenvalue weighted by Crippen LogP contribution is -2.35. The van der Waals surface area contributed by atoms with Gasteiger partial charge in [0.05, 0.1) is 11.5 Å². The minimum absolute atomic E-state index is 0.000906. The predicted octanol–water partition coefficient (Wildman–Crippen LogP) is 2.03. The van der Waals surface area contributed by atoms with Crippen LogP contribution in [0.3, 0.4) is 0 Å². The van der Waals surface area contributed by atoms with Crippen LogP contribution in [0.15, 0.2) is 24.3 Å². The summed E-state index contributed by atoms with van der Waals surface area (Å²) in [5.74, 6) is -0.948. The Bertz CT molecular complexity index is 563. The number of hydrogen-bond acceptors (Lipinski definition) is 5. The van der Waals surface area contributed by atoms with E-state index in [2.05, 4.69) is 5.32 Å². The molecule has 0 saturated carbocycles. The summed E-state index contributed by atoms with van der Waals surface area (Å²) >= 11 is 6.87. The van der Waals surface area contributed by atoms with Crippen LogP contribution in [-0.2, 0) is 19.1 Å². The SMILES string of the molecule is C[C@@H](OC(=O)CSCC(=O)Nc1ccc(Cl)cc1)C(=O)N(C)C. The van der Waals surface area contributed by atoms with Gasteiger partial charge in [-0.05, 0) is 31.2 Å². The van der Waals surface area contributed by atoms with Crippen molar-refractivity contribution in [2.24, 2.45) is 0 Å². The van der Waals surface area contributed by atoms with Gasteiger partial charge in [0.25, 0.3) is 5.91 Å². The maximum atomic E-state index is 11.7. The van der Waals surface area contributed by atoms with Crippen LogP contribution in [-0.4, -0.2) is 54.4 Å². The molecule has 0 heterocycles. The van der Waals surface area contributed by atoms with Crippen molar-refractivity contribution in [2.45, 2.75) is 13.0 Å². The van der Waals surface area contributed by atoms with Crippen molar-refractivity contribution in [3.05, 3.63) is 29.3 Å². The standard InChI is InChI=1S/C15H19ClN2O4S/c1-10(15(21)18(2)3)22-14(20)9-23-8-13(19)17-12-6-4-11(16)5-7-12/h4-7,10H,8-9H2,1-3H3,(H,17,19)/t10-/m1/s1. The van der Waals surface area contributed by atoms with Crippen LogP contribution in [0.2, 0.25) is 5.02 Å². The third-order valence-corrected chi connectivity index (χ3v) is 3.84. The molecule has 2 amide bonds. The minimum atomic E-state index is -0.832. The van der Waals surface area contributed by atoms with Crippen LogP contribution in [0.25, 0.3) is 0 Å². The number of nitrogens with one attached hydrogen (secondary N) is 1. The summed E-state index contributed by atoms with van der Waals surface area (Å²) in [6, 6.07) is 6.72. The molecule has 0 fully saturated rings. The molecule has 1 aromatic carbocycles. The van der Waals surface area contributed by atoms with Crippen molar-refractivity contribution in [2.75, 3.05) is 30.9 Å². The van der Waals surface area contributed by atoms with Crippen molar-refractivity contribution in [1.29, 1.82) is 0 Å². The van der Waals surface area contributed by atoms with Gasteiger partial charge in [-0.25, -0.2) is 0 Å². The topological polar surface area (TPSA) is 75.7 Å². The molecule has 0 spiro atoms. The number of carbonyl (C=O) groups is 3. The van der Waals surface area contributed by atoms with Crippen LogP contribution < -0.4 is 5.32 Å². The van der Waals surface area contributed by atoms with Gasteiger partial charge in [-0.15, -0.1) is 11.8 Å². The maximum Gasteiger partial charge on any atom is 0.316 e. The number of ether oxygens (including phenoxy) is 1. The average Bonchev–Trinajstić information content (AvgIpc) is 2.48. The lowest BCUT2D eigenvalue weighted by atomic mass is 10.3. The number of likely N-dealkylation sites (N-methyl/N-ethyl adjacent to an activating group) is 1. The van der Waals surface area contributed by atoms with E-state index in [1.807, 2.05) is 0 Å². The van der Waals surface area contributed by atoms with Crippen LogP contribution in [0.4, 0.5) is 5.69 Å². The largest absolute Gasteiger partial charge is 0.452 e. The van der Waals surface area contributed by atoms with Gasteiger partial charge in [0.15, 0.2) is 6.10 Å². The second-order valence-electron chi connectivity index (χ2n) is 4.91. The molecule has 1 atom stereocenters. The number of thioether (sulfide) groups is 1. The number of esters is 1. The fourth-order valence-electron chi connectivity index (χ4n) is 1.60. The summed E-state index contributed by atoms with van der Waals surface area (Å²) in [6.45, 7) is 1.51. The van der Waals surface area contributed by atoms with E-state index in [1.54, 1.807) is 38.4 Å².